The van der Waals surface area contributed by atoms with E-state index in [1.54, 1.807) is 6.08 Å². The fraction of sp³-hybridized carbons (Fsp3) is 0.500. The molecule has 1 heterocycles. The predicted molar refractivity (Wildman–Crippen MR) is 86.0 cm³/mol. The van der Waals surface area contributed by atoms with E-state index in [0.29, 0.717) is 11.0 Å². The van der Waals surface area contributed by atoms with E-state index in [4.69, 9.17) is 19.8 Å². The Bertz CT molecular complexity index is 616. The summed E-state index contributed by atoms with van der Waals surface area (Å²) in [7, 11) is 0.740. The topological polar surface area (TPSA) is 53.7 Å². The van der Waals surface area contributed by atoms with Crippen molar-refractivity contribution in [2.45, 2.75) is 38.9 Å². The second-order valence-electron chi connectivity index (χ2n) is 6.52. The summed E-state index contributed by atoms with van der Waals surface area (Å²) in [5.74, 6) is -1.71. The Kier molecular flexibility index (Phi) is 4.85. The van der Waals surface area contributed by atoms with Gasteiger partial charge in [-0.15, -0.1) is 0 Å². The highest BCUT2D eigenvalue weighted by Gasteiger charge is 2.52. The number of ether oxygens (including phenoxy) is 1. The van der Waals surface area contributed by atoms with Crippen LogP contribution in [0.3, 0.4) is 0 Å². The molecule has 0 atom stereocenters. The maximum absolute atomic E-state index is 13.5. The van der Waals surface area contributed by atoms with Gasteiger partial charge >= 0.3 is 7.12 Å². The van der Waals surface area contributed by atoms with Crippen LogP contribution in [0.4, 0.5) is 8.78 Å². The van der Waals surface area contributed by atoms with Crippen LogP contribution in [0.15, 0.2) is 17.6 Å². The van der Waals surface area contributed by atoms with E-state index >= 15 is 0 Å². The first kappa shape index (κ1) is 17.9. The largest absolute Gasteiger partial charge is 0.496 e. The molecule has 0 spiro atoms. The van der Waals surface area contributed by atoms with Crippen molar-refractivity contribution in [1.82, 2.24) is 0 Å². The molecule has 1 aliphatic rings. The summed E-state index contributed by atoms with van der Waals surface area (Å²) in [5, 5.41) is 0. The second kappa shape index (κ2) is 6.22. The van der Waals surface area contributed by atoms with Gasteiger partial charge in [-0.2, -0.15) is 0 Å². The normalized spacial score (nSPS) is 20.0. The van der Waals surface area contributed by atoms with Crippen LogP contribution in [-0.4, -0.2) is 32.0 Å². The molecule has 1 aromatic rings. The molecule has 126 valence electrons. The molecule has 4 nitrogen and oxygen atoms in total. The summed E-state index contributed by atoms with van der Waals surface area (Å²) in [4.78, 5) is 0. The van der Waals surface area contributed by atoms with Crippen molar-refractivity contribution >= 4 is 13.2 Å². The smallest absolute Gasteiger partial charge is 0.491 e. The van der Waals surface area contributed by atoms with Crippen LogP contribution in [0, 0.1) is 11.6 Å². The third-order valence-electron chi connectivity index (χ3n) is 4.41. The van der Waals surface area contributed by atoms with E-state index in [1.807, 2.05) is 27.7 Å². The summed E-state index contributed by atoms with van der Waals surface area (Å²) < 4.78 is 43.8. The molecular weight excluding hydrogens is 303 g/mol. The summed E-state index contributed by atoms with van der Waals surface area (Å²) >= 11 is 0. The molecule has 0 amide bonds. The van der Waals surface area contributed by atoms with Gasteiger partial charge in [-0.3, -0.25) is 0 Å². The number of benzene rings is 1. The van der Waals surface area contributed by atoms with Crippen LogP contribution >= 0.6 is 0 Å². The fourth-order valence-corrected chi connectivity index (χ4v) is 2.25. The Morgan fingerprint density at radius 2 is 1.70 bits per heavy atom. The van der Waals surface area contributed by atoms with E-state index < -0.39 is 30.0 Å². The molecule has 0 aliphatic carbocycles. The quantitative estimate of drug-likeness (QED) is 0.865. The Labute approximate surface area is 135 Å². The van der Waals surface area contributed by atoms with Crippen LogP contribution in [0.25, 0.3) is 6.08 Å². The monoisotopic (exact) mass is 325 g/mol. The third-order valence-corrected chi connectivity index (χ3v) is 4.41. The molecule has 2 rings (SSSR count). The molecule has 1 saturated heterocycles. The van der Waals surface area contributed by atoms with Crippen molar-refractivity contribution in [2.75, 3.05) is 13.7 Å². The van der Waals surface area contributed by atoms with Crippen LogP contribution in [0.5, 0.6) is 5.75 Å². The maximum atomic E-state index is 13.5. The third kappa shape index (κ3) is 3.41. The van der Waals surface area contributed by atoms with E-state index in [0.717, 1.165) is 12.1 Å². The van der Waals surface area contributed by atoms with Crippen molar-refractivity contribution in [3.8, 4) is 5.75 Å². The zero-order valence-corrected chi connectivity index (χ0v) is 14.1. The number of methoxy groups -OCH3 is 1. The van der Waals surface area contributed by atoms with Gasteiger partial charge in [0.25, 0.3) is 0 Å². The molecule has 0 saturated carbocycles. The molecular formula is C16H22BF2NO3. The lowest BCUT2D eigenvalue weighted by atomic mass is 9.77. The van der Waals surface area contributed by atoms with Crippen molar-refractivity contribution in [1.29, 1.82) is 0 Å². The Balaban J connectivity index is 2.39. The maximum Gasteiger partial charge on any atom is 0.491 e. The highest BCUT2D eigenvalue weighted by atomic mass is 19.2. The minimum absolute atomic E-state index is 0.152. The van der Waals surface area contributed by atoms with E-state index in [9.17, 15) is 8.78 Å². The van der Waals surface area contributed by atoms with Gasteiger partial charge < -0.3 is 19.8 Å². The molecule has 0 aromatic heterocycles. The molecule has 0 bridgehead atoms. The number of halogens is 2. The minimum atomic E-state index is -0.969. The van der Waals surface area contributed by atoms with Crippen LogP contribution < -0.4 is 10.5 Å². The summed E-state index contributed by atoms with van der Waals surface area (Å²) in [6.45, 7) is 7.87. The van der Waals surface area contributed by atoms with E-state index in [2.05, 4.69) is 0 Å². The van der Waals surface area contributed by atoms with E-state index in [1.165, 1.54) is 7.11 Å². The zero-order valence-electron chi connectivity index (χ0n) is 14.1. The Morgan fingerprint density at radius 1 is 1.17 bits per heavy atom. The average Bonchev–Trinajstić information content (AvgIpc) is 2.67. The lowest BCUT2D eigenvalue weighted by Gasteiger charge is -2.32. The van der Waals surface area contributed by atoms with Crippen molar-refractivity contribution in [2.24, 2.45) is 5.73 Å². The van der Waals surface area contributed by atoms with Gasteiger partial charge in [-0.05, 0) is 39.2 Å². The Morgan fingerprint density at radius 3 is 2.17 bits per heavy atom. The first-order valence-electron chi connectivity index (χ1n) is 7.40. The lowest BCUT2D eigenvalue weighted by Crippen LogP contribution is -2.41. The van der Waals surface area contributed by atoms with Gasteiger partial charge in [-0.25, -0.2) is 8.78 Å². The molecule has 1 aromatic carbocycles. The molecule has 1 aliphatic heterocycles. The number of hydrogen-bond acceptors (Lipinski definition) is 4. The van der Waals surface area contributed by atoms with Crippen molar-refractivity contribution in [3.05, 3.63) is 34.8 Å². The first-order chi connectivity index (χ1) is 10.6. The summed E-state index contributed by atoms with van der Waals surface area (Å²) in [5.41, 5.74) is 5.78. The van der Waals surface area contributed by atoms with Gasteiger partial charge in [0.05, 0.1) is 18.3 Å². The number of rotatable bonds is 4. The van der Waals surface area contributed by atoms with Gasteiger partial charge in [-0.1, -0.05) is 6.08 Å². The first-order valence-corrected chi connectivity index (χ1v) is 7.40. The van der Waals surface area contributed by atoms with Gasteiger partial charge in [0, 0.05) is 18.2 Å². The van der Waals surface area contributed by atoms with Crippen LogP contribution in [-0.2, 0) is 9.31 Å². The van der Waals surface area contributed by atoms with Crippen LogP contribution in [0.1, 0.15) is 33.3 Å². The standard InChI is InChI=1S/C16H22BF2NO3/c1-15(2)16(3,4)23-17(22-15)11(9-20)6-10-7-12(18)13(19)8-14(10)21-5/h6-8H,9,20H2,1-5H3. The molecule has 7 heteroatoms. The lowest BCUT2D eigenvalue weighted by molar-refractivity contribution is 0.00578. The number of hydrogen-bond donors (Lipinski definition) is 1. The van der Waals surface area contributed by atoms with Crippen LogP contribution in [0.2, 0.25) is 0 Å². The van der Waals surface area contributed by atoms with Gasteiger partial charge in [0.2, 0.25) is 0 Å². The molecule has 0 unspecified atom stereocenters. The van der Waals surface area contributed by atoms with E-state index in [-0.39, 0.29) is 12.3 Å². The summed E-state index contributed by atoms with van der Waals surface area (Å²) in [6.07, 6.45) is 1.61. The molecule has 1 fully saturated rings. The van der Waals surface area contributed by atoms with Crippen molar-refractivity contribution in [3.63, 3.8) is 0 Å². The summed E-state index contributed by atoms with van der Waals surface area (Å²) in [6, 6.07) is 2.06. The number of nitrogens with two attached hydrogens (primary N) is 1. The second-order valence-corrected chi connectivity index (χ2v) is 6.52. The van der Waals surface area contributed by atoms with Gasteiger partial charge in [0.15, 0.2) is 11.6 Å². The SMILES string of the molecule is COc1cc(F)c(F)cc1C=C(CN)B1OC(C)(C)C(C)(C)O1. The zero-order chi connectivity index (χ0) is 17.4. The molecule has 2 N–H and O–H groups in total. The van der Waals surface area contributed by atoms with Gasteiger partial charge in [0.1, 0.15) is 5.75 Å². The predicted octanol–water partition coefficient (Wildman–Crippen LogP) is 2.95. The minimum Gasteiger partial charge on any atom is -0.496 e. The molecule has 23 heavy (non-hydrogen) atoms. The highest BCUT2D eigenvalue weighted by molar-refractivity contribution is 6.55. The fourth-order valence-electron chi connectivity index (χ4n) is 2.25. The highest BCUT2D eigenvalue weighted by Crippen LogP contribution is 2.39. The van der Waals surface area contributed by atoms with Crippen molar-refractivity contribution < 1.29 is 22.8 Å². The average molecular weight is 325 g/mol. The molecule has 0 radical (unpaired) electrons. The Hall–Kier alpha value is -1.44.